The molecule has 0 aliphatic carbocycles. The lowest BCUT2D eigenvalue weighted by molar-refractivity contribution is -0.138. The Bertz CT molecular complexity index is 1280. The SMILES string of the molecule is CCc1cccc2c([C@@H](CC(=O)N[C@@H](C)c3ccccc3)c3ccccc3C(F)(F)F)c[nH]c12. The van der Waals surface area contributed by atoms with Crippen molar-refractivity contribution < 1.29 is 18.0 Å². The van der Waals surface area contributed by atoms with Gasteiger partial charge >= 0.3 is 6.18 Å². The topological polar surface area (TPSA) is 44.9 Å². The first-order chi connectivity index (χ1) is 16.3. The number of nitrogens with one attached hydrogen (secondary N) is 2. The largest absolute Gasteiger partial charge is 0.416 e. The molecule has 0 bridgehead atoms. The van der Waals surface area contributed by atoms with Crippen LogP contribution in [0.2, 0.25) is 0 Å². The molecule has 0 saturated heterocycles. The van der Waals surface area contributed by atoms with Crippen LogP contribution in [0.15, 0.2) is 79.0 Å². The van der Waals surface area contributed by atoms with E-state index in [0.29, 0.717) is 5.56 Å². The molecule has 0 aliphatic rings. The van der Waals surface area contributed by atoms with Crippen LogP contribution in [-0.2, 0) is 17.4 Å². The average molecular weight is 465 g/mol. The molecule has 0 radical (unpaired) electrons. The normalized spacial score (nSPS) is 13.6. The number of aromatic amines is 1. The van der Waals surface area contributed by atoms with Crippen LogP contribution < -0.4 is 5.32 Å². The van der Waals surface area contributed by atoms with E-state index in [1.807, 2.05) is 62.4 Å². The van der Waals surface area contributed by atoms with Gasteiger partial charge in [0.2, 0.25) is 5.91 Å². The Labute approximate surface area is 197 Å². The summed E-state index contributed by atoms with van der Waals surface area (Å²) in [4.78, 5) is 16.4. The monoisotopic (exact) mass is 464 g/mol. The molecular weight excluding hydrogens is 437 g/mol. The van der Waals surface area contributed by atoms with Crippen LogP contribution in [0.25, 0.3) is 10.9 Å². The summed E-state index contributed by atoms with van der Waals surface area (Å²) in [6.07, 6.45) is -2.09. The summed E-state index contributed by atoms with van der Waals surface area (Å²) in [5, 5.41) is 3.79. The van der Waals surface area contributed by atoms with Crippen LogP contribution >= 0.6 is 0 Å². The maximum Gasteiger partial charge on any atom is 0.416 e. The number of amides is 1. The van der Waals surface area contributed by atoms with Gasteiger partial charge in [-0.1, -0.05) is 73.7 Å². The highest BCUT2D eigenvalue weighted by molar-refractivity contribution is 5.88. The second kappa shape index (κ2) is 9.75. The molecule has 0 spiro atoms. The van der Waals surface area contributed by atoms with Gasteiger partial charge in [0.05, 0.1) is 11.6 Å². The molecule has 2 N–H and O–H groups in total. The number of aryl methyl sites for hydroxylation is 1. The maximum atomic E-state index is 13.9. The number of aromatic nitrogens is 1. The lowest BCUT2D eigenvalue weighted by atomic mass is 9.84. The van der Waals surface area contributed by atoms with Crippen LogP contribution in [0.5, 0.6) is 0 Å². The zero-order valence-corrected chi connectivity index (χ0v) is 19.1. The van der Waals surface area contributed by atoms with E-state index in [1.165, 1.54) is 12.1 Å². The number of carbonyl (C=O) groups excluding carboxylic acids is 1. The number of benzene rings is 3. The second-order valence-electron chi connectivity index (χ2n) is 8.48. The molecule has 176 valence electrons. The number of alkyl halides is 3. The second-order valence-corrected chi connectivity index (χ2v) is 8.48. The first-order valence-corrected chi connectivity index (χ1v) is 11.4. The van der Waals surface area contributed by atoms with Gasteiger partial charge in [0.15, 0.2) is 0 Å². The summed E-state index contributed by atoms with van der Waals surface area (Å²) >= 11 is 0. The third-order valence-corrected chi connectivity index (χ3v) is 6.30. The van der Waals surface area contributed by atoms with E-state index < -0.39 is 17.7 Å². The number of carbonyl (C=O) groups is 1. The molecule has 3 nitrogen and oxygen atoms in total. The molecule has 0 aliphatic heterocycles. The zero-order valence-electron chi connectivity index (χ0n) is 19.1. The minimum atomic E-state index is -4.52. The number of para-hydroxylation sites is 1. The van der Waals surface area contributed by atoms with Crippen molar-refractivity contribution in [3.63, 3.8) is 0 Å². The number of halogens is 3. The van der Waals surface area contributed by atoms with Gasteiger partial charge in [-0.3, -0.25) is 4.79 Å². The van der Waals surface area contributed by atoms with Gasteiger partial charge in [0, 0.05) is 29.4 Å². The highest BCUT2D eigenvalue weighted by Crippen LogP contribution is 2.41. The molecule has 3 aromatic carbocycles. The fourth-order valence-electron chi connectivity index (χ4n) is 4.58. The van der Waals surface area contributed by atoms with Gasteiger partial charge in [-0.05, 0) is 41.7 Å². The molecule has 0 fully saturated rings. The lowest BCUT2D eigenvalue weighted by Gasteiger charge is -2.23. The van der Waals surface area contributed by atoms with Crippen molar-refractivity contribution in [1.29, 1.82) is 0 Å². The number of rotatable bonds is 7. The Hall–Kier alpha value is -3.54. The van der Waals surface area contributed by atoms with Gasteiger partial charge in [-0.15, -0.1) is 0 Å². The van der Waals surface area contributed by atoms with Crippen molar-refractivity contribution in [1.82, 2.24) is 10.3 Å². The summed E-state index contributed by atoms with van der Waals surface area (Å²) in [6.45, 7) is 3.90. The van der Waals surface area contributed by atoms with Crippen molar-refractivity contribution in [2.45, 2.75) is 44.8 Å². The molecule has 1 heterocycles. The van der Waals surface area contributed by atoms with Crippen molar-refractivity contribution in [2.24, 2.45) is 0 Å². The van der Waals surface area contributed by atoms with Gasteiger partial charge in [0.1, 0.15) is 0 Å². The van der Waals surface area contributed by atoms with E-state index in [4.69, 9.17) is 0 Å². The molecule has 0 saturated carbocycles. The molecule has 4 aromatic rings. The number of hydrogen-bond acceptors (Lipinski definition) is 1. The standard InChI is InChI=1S/C28H27F3N2O/c1-3-19-12-9-14-22-24(17-32-27(19)22)23(21-13-7-8-15-25(21)28(29,30)31)16-26(34)33-18(2)20-10-5-4-6-11-20/h4-15,17-18,23,32H,3,16H2,1-2H3,(H,33,34)/t18-,23-/m0/s1. The van der Waals surface area contributed by atoms with Gasteiger partial charge in [0.25, 0.3) is 0 Å². The Morgan fingerprint density at radius 2 is 1.65 bits per heavy atom. The summed E-state index contributed by atoms with van der Waals surface area (Å²) in [6, 6.07) is 20.6. The molecule has 2 atom stereocenters. The molecule has 34 heavy (non-hydrogen) atoms. The van der Waals surface area contributed by atoms with E-state index in [1.54, 1.807) is 12.3 Å². The quantitative estimate of drug-likeness (QED) is 0.300. The van der Waals surface area contributed by atoms with Crippen molar-refractivity contribution in [2.75, 3.05) is 0 Å². The zero-order chi connectivity index (χ0) is 24.3. The number of H-pyrrole nitrogens is 1. The Morgan fingerprint density at radius 1 is 0.941 bits per heavy atom. The predicted molar refractivity (Wildman–Crippen MR) is 129 cm³/mol. The van der Waals surface area contributed by atoms with Crippen LogP contribution in [0.4, 0.5) is 13.2 Å². The van der Waals surface area contributed by atoms with Crippen LogP contribution in [0, 0.1) is 0 Å². The predicted octanol–water partition coefficient (Wildman–Crippen LogP) is 7.15. The van der Waals surface area contributed by atoms with E-state index in [0.717, 1.165) is 34.5 Å². The lowest BCUT2D eigenvalue weighted by Crippen LogP contribution is -2.28. The molecule has 6 heteroatoms. The summed E-state index contributed by atoms with van der Waals surface area (Å²) in [7, 11) is 0. The minimum absolute atomic E-state index is 0.0975. The third-order valence-electron chi connectivity index (χ3n) is 6.30. The maximum absolute atomic E-state index is 13.9. The molecule has 1 aromatic heterocycles. The highest BCUT2D eigenvalue weighted by atomic mass is 19.4. The highest BCUT2D eigenvalue weighted by Gasteiger charge is 2.36. The average Bonchev–Trinajstić information content (AvgIpc) is 3.26. The van der Waals surface area contributed by atoms with Crippen LogP contribution in [0.1, 0.15) is 60.0 Å². The summed E-state index contributed by atoms with van der Waals surface area (Å²) in [5.74, 6) is -1.07. The molecule has 4 rings (SSSR count). The van der Waals surface area contributed by atoms with Crippen molar-refractivity contribution in [3.05, 3.63) is 107 Å². The van der Waals surface area contributed by atoms with Gasteiger partial charge < -0.3 is 10.3 Å². The minimum Gasteiger partial charge on any atom is -0.361 e. The fourth-order valence-corrected chi connectivity index (χ4v) is 4.58. The van der Waals surface area contributed by atoms with E-state index in [-0.39, 0.29) is 23.9 Å². The fraction of sp³-hybridized carbons (Fsp3) is 0.250. The molecule has 1 amide bonds. The van der Waals surface area contributed by atoms with Crippen LogP contribution in [0.3, 0.4) is 0 Å². The summed E-state index contributed by atoms with van der Waals surface area (Å²) in [5.41, 5.74) is 2.97. The summed E-state index contributed by atoms with van der Waals surface area (Å²) < 4.78 is 41.8. The van der Waals surface area contributed by atoms with Gasteiger partial charge in [-0.2, -0.15) is 13.2 Å². The first-order valence-electron chi connectivity index (χ1n) is 11.4. The smallest absolute Gasteiger partial charge is 0.361 e. The first kappa shape index (κ1) is 23.6. The van der Waals surface area contributed by atoms with E-state index >= 15 is 0 Å². The van der Waals surface area contributed by atoms with E-state index in [2.05, 4.69) is 10.3 Å². The van der Waals surface area contributed by atoms with Crippen molar-refractivity contribution >= 4 is 16.8 Å². The van der Waals surface area contributed by atoms with Gasteiger partial charge in [-0.25, -0.2) is 0 Å². The number of hydrogen-bond donors (Lipinski definition) is 2. The Morgan fingerprint density at radius 3 is 2.35 bits per heavy atom. The third kappa shape index (κ3) is 4.86. The molecule has 0 unspecified atom stereocenters. The van der Waals surface area contributed by atoms with E-state index in [9.17, 15) is 18.0 Å². The number of fused-ring (bicyclic) bond motifs is 1. The van der Waals surface area contributed by atoms with Crippen molar-refractivity contribution in [3.8, 4) is 0 Å². The molecular formula is C28H27F3N2O. The Kier molecular flexibility index (Phi) is 6.77. The van der Waals surface area contributed by atoms with Crippen LogP contribution in [-0.4, -0.2) is 10.9 Å². The Balaban J connectivity index is 1.75.